The van der Waals surface area contributed by atoms with Gasteiger partial charge < -0.3 is 5.73 Å². The molecule has 2 N–H and O–H groups in total. The van der Waals surface area contributed by atoms with Crippen molar-refractivity contribution in [1.82, 2.24) is 14.8 Å². The fourth-order valence-electron chi connectivity index (χ4n) is 1.95. The van der Waals surface area contributed by atoms with Crippen molar-refractivity contribution in [3.63, 3.8) is 0 Å². The standard InChI is InChI=1S/C13H16ClFN4/c1-2-5-19-13(17-8-18-19)7-12(16)10-4-3-9(14)6-11(10)15/h3-4,6,8,12H,2,5,7,16H2,1H3. The van der Waals surface area contributed by atoms with E-state index in [0.717, 1.165) is 18.8 Å². The second kappa shape index (κ2) is 6.12. The normalized spacial score (nSPS) is 12.6. The molecule has 1 aromatic carbocycles. The van der Waals surface area contributed by atoms with Crippen LogP contribution in [0, 0.1) is 5.82 Å². The molecular formula is C13H16ClFN4. The first-order valence-corrected chi connectivity index (χ1v) is 6.56. The third-order valence-electron chi connectivity index (χ3n) is 2.90. The van der Waals surface area contributed by atoms with E-state index in [-0.39, 0.29) is 5.82 Å². The molecule has 0 saturated heterocycles. The number of nitrogens with two attached hydrogens (primary N) is 1. The Morgan fingerprint density at radius 3 is 2.95 bits per heavy atom. The third-order valence-corrected chi connectivity index (χ3v) is 3.13. The number of rotatable bonds is 5. The second-order valence-electron chi connectivity index (χ2n) is 4.38. The molecule has 0 spiro atoms. The lowest BCUT2D eigenvalue weighted by molar-refractivity contribution is 0.533. The minimum absolute atomic E-state index is 0.364. The number of nitrogens with zero attached hydrogens (tertiary/aromatic N) is 3. The largest absolute Gasteiger partial charge is 0.323 e. The monoisotopic (exact) mass is 282 g/mol. The van der Waals surface area contributed by atoms with Gasteiger partial charge in [-0.15, -0.1) is 0 Å². The third kappa shape index (κ3) is 3.30. The van der Waals surface area contributed by atoms with Crippen LogP contribution in [-0.2, 0) is 13.0 Å². The zero-order valence-corrected chi connectivity index (χ0v) is 11.4. The van der Waals surface area contributed by atoms with Gasteiger partial charge in [-0.3, -0.25) is 4.68 Å². The van der Waals surface area contributed by atoms with Crippen molar-refractivity contribution in [3.05, 3.63) is 46.8 Å². The van der Waals surface area contributed by atoms with Gasteiger partial charge in [-0.1, -0.05) is 24.6 Å². The minimum Gasteiger partial charge on any atom is -0.323 e. The van der Waals surface area contributed by atoms with E-state index in [2.05, 4.69) is 17.0 Å². The molecule has 1 heterocycles. The molecular weight excluding hydrogens is 267 g/mol. The van der Waals surface area contributed by atoms with E-state index in [1.165, 1.54) is 12.4 Å². The van der Waals surface area contributed by atoms with Gasteiger partial charge in [-0.2, -0.15) is 5.10 Å². The van der Waals surface area contributed by atoms with E-state index in [1.807, 2.05) is 0 Å². The van der Waals surface area contributed by atoms with Gasteiger partial charge in [0.15, 0.2) is 0 Å². The molecule has 6 heteroatoms. The van der Waals surface area contributed by atoms with Crippen LogP contribution in [0.3, 0.4) is 0 Å². The molecule has 0 saturated carbocycles. The number of aryl methyl sites for hydroxylation is 1. The van der Waals surface area contributed by atoms with Crippen LogP contribution in [0.15, 0.2) is 24.5 Å². The molecule has 2 aromatic rings. The maximum absolute atomic E-state index is 13.8. The molecule has 0 aliphatic rings. The maximum atomic E-state index is 13.8. The van der Waals surface area contributed by atoms with Crippen LogP contribution in [0.25, 0.3) is 0 Å². The SMILES string of the molecule is CCCn1ncnc1CC(N)c1ccc(Cl)cc1F. The van der Waals surface area contributed by atoms with Crippen molar-refractivity contribution in [2.24, 2.45) is 5.73 Å². The summed E-state index contributed by atoms with van der Waals surface area (Å²) in [5.41, 5.74) is 6.48. The Hall–Kier alpha value is -1.46. The van der Waals surface area contributed by atoms with Crippen LogP contribution >= 0.6 is 11.6 Å². The lowest BCUT2D eigenvalue weighted by Gasteiger charge is -2.13. The van der Waals surface area contributed by atoms with Crippen LogP contribution in [0.5, 0.6) is 0 Å². The van der Waals surface area contributed by atoms with E-state index in [1.54, 1.807) is 16.8 Å². The van der Waals surface area contributed by atoms with Crippen molar-refractivity contribution >= 4 is 11.6 Å². The van der Waals surface area contributed by atoms with Crippen LogP contribution in [0.2, 0.25) is 5.02 Å². The summed E-state index contributed by atoms with van der Waals surface area (Å²) in [5, 5.41) is 4.49. The summed E-state index contributed by atoms with van der Waals surface area (Å²) in [4.78, 5) is 4.17. The molecule has 19 heavy (non-hydrogen) atoms. The molecule has 4 nitrogen and oxygen atoms in total. The van der Waals surface area contributed by atoms with E-state index in [0.29, 0.717) is 17.0 Å². The zero-order valence-electron chi connectivity index (χ0n) is 10.7. The number of hydrogen-bond acceptors (Lipinski definition) is 3. The van der Waals surface area contributed by atoms with Crippen molar-refractivity contribution in [3.8, 4) is 0 Å². The summed E-state index contributed by atoms with van der Waals surface area (Å²) in [6.07, 6.45) is 2.90. The van der Waals surface area contributed by atoms with E-state index >= 15 is 0 Å². The van der Waals surface area contributed by atoms with E-state index in [9.17, 15) is 4.39 Å². The molecule has 0 aliphatic carbocycles. The Labute approximate surface area is 116 Å². The summed E-state index contributed by atoms with van der Waals surface area (Å²) in [7, 11) is 0. The van der Waals surface area contributed by atoms with Gasteiger partial charge in [0.1, 0.15) is 18.0 Å². The number of aromatic nitrogens is 3. The first-order chi connectivity index (χ1) is 9.11. The predicted molar refractivity (Wildman–Crippen MR) is 72.4 cm³/mol. The van der Waals surface area contributed by atoms with Gasteiger partial charge in [-0.25, -0.2) is 9.37 Å². The Balaban J connectivity index is 2.16. The van der Waals surface area contributed by atoms with Gasteiger partial charge in [0.2, 0.25) is 0 Å². The topological polar surface area (TPSA) is 56.7 Å². The van der Waals surface area contributed by atoms with E-state index in [4.69, 9.17) is 17.3 Å². The summed E-state index contributed by atoms with van der Waals surface area (Å²) in [6.45, 7) is 2.84. The highest BCUT2D eigenvalue weighted by Crippen LogP contribution is 2.21. The summed E-state index contributed by atoms with van der Waals surface area (Å²) in [6, 6.07) is 4.06. The summed E-state index contributed by atoms with van der Waals surface area (Å²) >= 11 is 5.72. The number of benzene rings is 1. The molecule has 0 radical (unpaired) electrons. The van der Waals surface area contributed by atoms with Crippen LogP contribution in [0.4, 0.5) is 4.39 Å². The maximum Gasteiger partial charge on any atom is 0.138 e. The Bertz CT molecular complexity index is 555. The minimum atomic E-state index is -0.461. The fraction of sp³-hybridized carbons (Fsp3) is 0.385. The molecule has 0 aliphatic heterocycles. The number of halogens is 2. The molecule has 2 rings (SSSR count). The van der Waals surface area contributed by atoms with Gasteiger partial charge in [-0.05, 0) is 18.6 Å². The Morgan fingerprint density at radius 1 is 1.47 bits per heavy atom. The van der Waals surface area contributed by atoms with Crippen LogP contribution in [-0.4, -0.2) is 14.8 Å². The molecule has 1 aromatic heterocycles. The highest BCUT2D eigenvalue weighted by atomic mass is 35.5. The first-order valence-electron chi connectivity index (χ1n) is 6.19. The second-order valence-corrected chi connectivity index (χ2v) is 4.81. The summed E-state index contributed by atoms with van der Waals surface area (Å²) < 4.78 is 15.6. The van der Waals surface area contributed by atoms with Gasteiger partial charge in [0.05, 0.1) is 0 Å². The highest BCUT2D eigenvalue weighted by molar-refractivity contribution is 6.30. The Kier molecular flexibility index (Phi) is 4.50. The molecule has 1 atom stereocenters. The van der Waals surface area contributed by atoms with E-state index < -0.39 is 6.04 Å². The molecule has 1 unspecified atom stereocenters. The highest BCUT2D eigenvalue weighted by Gasteiger charge is 2.15. The molecule has 102 valence electrons. The first kappa shape index (κ1) is 14.0. The number of hydrogen-bond donors (Lipinski definition) is 1. The lowest BCUT2D eigenvalue weighted by atomic mass is 10.0. The molecule has 0 bridgehead atoms. The fourth-order valence-corrected chi connectivity index (χ4v) is 2.11. The average molecular weight is 283 g/mol. The lowest BCUT2D eigenvalue weighted by Crippen LogP contribution is -2.18. The van der Waals surface area contributed by atoms with Crippen LogP contribution in [0.1, 0.15) is 30.8 Å². The molecule has 0 fully saturated rings. The zero-order chi connectivity index (χ0) is 13.8. The smallest absolute Gasteiger partial charge is 0.138 e. The average Bonchev–Trinajstić information content (AvgIpc) is 2.77. The van der Waals surface area contributed by atoms with Crippen LogP contribution < -0.4 is 5.73 Å². The van der Waals surface area contributed by atoms with Gasteiger partial charge in [0, 0.05) is 29.6 Å². The quantitative estimate of drug-likeness (QED) is 0.917. The Morgan fingerprint density at radius 2 is 2.26 bits per heavy atom. The van der Waals surface area contributed by atoms with Gasteiger partial charge in [0.25, 0.3) is 0 Å². The van der Waals surface area contributed by atoms with Crippen molar-refractivity contribution in [2.45, 2.75) is 32.4 Å². The summed E-state index contributed by atoms with van der Waals surface area (Å²) in [5.74, 6) is 0.380. The van der Waals surface area contributed by atoms with Crippen molar-refractivity contribution in [2.75, 3.05) is 0 Å². The predicted octanol–water partition coefficient (Wildman–Crippen LogP) is 2.72. The molecule has 0 amide bonds. The van der Waals surface area contributed by atoms with Crippen molar-refractivity contribution in [1.29, 1.82) is 0 Å². The van der Waals surface area contributed by atoms with Gasteiger partial charge >= 0.3 is 0 Å². The van der Waals surface area contributed by atoms with Crippen molar-refractivity contribution < 1.29 is 4.39 Å².